The van der Waals surface area contributed by atoms with Crippen LogP contribution in [-0.4, -0.2) is 30.6 Å². The molecular weight excluding hydrogens is 252 g/mol. The summed E-state index contributed by atoms with van der Waals surface area (Å²) in [5.41, 5.74) is 1.32. The molecule has 1 aromatic rings. The second-order valence-electron chi connectivity index (χ2n) is 4.78. The van der Waals surface area contributed by atoms with Crippen LogP contribution in [0.3, 0.4) is 0 Å². The number of nitrogens with one attached hydrogen (secondary N) is 1. The Morgan fingerprint density at radius 3 is 2.76 bits per heavy atom. The smallest absolute Gasteiger partial charge is 0.0931 e. The Hall–Kier alpha value is -0.0900. The lowest BCUT2D eigenvalue weighted by atomic mass is 10.0. The molecule has 96 valence electrons. The van der Waals surface area contributed by atoms with E-state index in [0.717, 1.165) is 4.34 Å². The average molecular weight is 273 g/mol. The topological polar surface area (TPSA) is 15.3 Å². The van der Waals surface area contributed by atoms with Crippen LogP contribution in [0.25, 0.3) is 0 Å². The van der Waals surface area contributed by atoms with E-state index in [0.29, 0.717) is 12.1 Å². The Bertz CT molecular complexity index is 345. The Morgan fingerprint density at radius 2 is 2.24 bits per heavy atom. The van der Waals surface area contributed by atoms with E-state index >= 15 is 0 Å². The third-order valence-electron chi connectivity index (χ3n) is 3.61. The first kappa shape index (κ1) is 13.3. The molecule has 0 radical (unpaired) electrons. The first-order valence-corrected chi connectivity index (χ1v) is 7.67. The molecule has 1 aliphatic heterocycles. The minimum Gasteiger partial charge on any atom is -0.307 e. The number of hydrogen-bond acceptors (Lipinski definition) is 3. The van der Waals surface area contributed by atoms with E-state index in [-0.39, 0.29) is 0 Å². The highest BCUT2D eigenvalue weighted by molar-refractivity contribution is 7.14. The predicted octanol–water partition coefficient (Wildman–Crippen LogP) is 3.54. The zero-order valence-electron chi connectivity index (χ0n) is 10.6. The molecule has 4 heteroatoms. The van der Waals surface area contributed by atoms with Gasteiger partial charge in [-0.25, -0.2) is 0 Å². The van der Waals surface area contributed by atoms with Gasteiger partial charge in [0.15, 0.2) is 0 Å². The van der Waals surface area contributed by atoms with E-state index in [1.54, 1.807) is 11.3 Å². The monoisotopic (exact) mass is 272 g/mol. The third kappa shape index (κ3) is 3.68. The molecule has 1 aromatic heterocycles. The fraction of sp³-hybridized carbons (Fsp3) is 0.692. The molecule has 17 heavy (non-hydrogen) atoms. The lowest BCUT2D eigenvalue weighted by Gasteiger charge is -2.33. The van der Waals surface area contributed by atoms with Crippen LogP contribution in [0.4, 0.5) is 0 Å². The molecule has 1 atom stereocenters. The van der Waals surface area contributed by atoms with Gasteiger partial charge in [-0.05, 0) is 56.4 Å². The van der Waals surface area contributed by atoms with Gasteiger partial charge < -0.3 is 10.2 Å². The molecule has 0 saturated carbocycles. The lowest BCUT2D eigenvalue weighted by molar-refractivity contribution is 0.200. The summed E-state index contributed by atoms with van der Waals surface area (Å²) in [6.45, 7) is 8.10. The number of likely N-dealkylation sites (tertiary alicyclic amines) is 1. The molecule has 0 aliphatic carbocycles. The van der Waals surface area contributed by atoms with Gasteiger partial charge in [0.05, 0.1) is 4.34 Å². The first-order chi connectivity index (χ1) is 8.19. The van der Waals surface area contributed by atoms with Gasteiger partial charge in [-0.2, -0.15) is 0 Å². The zero-order chi connectivity index (χ0) is 12.3. The quantitative estimate of drug-likeness (QED) is 0.902. The number of halogens is 1. The van der Waals surface area contributed by atoms with Crippen LogP contribution < -0.4 is 5.32 Å². The molecule has 2 nitrogen and oxygen atoms in total. The van der Waals surface area contributed by atoms with Crippen molar-refractivity contribution in [2.45, 2.75) is 38.8 Å². The standard InChI is InChI=1S/C13H21ClN2S/c1-3-16-6-4-12(5-7-16)15-10(2)11-8-13(14)17-9-11/h8-10,12,15H,3-7H2,1-2H3. The molecule has 1 unspecified atom stereocenters. The van der Waals surface area contributed by atoms with Gasteiger partial charge in [-0.1, -0.05) is 18.5 Å². The van der Waals surface area contributed by atoms with Crippen LogP contribution in [0, 0.1) is 0 Å². The second kappa shape index (κ2) is 6.19. The highest BCUT2D eigenvalue weighted by Gasteiger charge is 2.20. The summed E-state index contributed by atoms with van der Waals surface area (Å²) in [7, 11) is 0. The van der Waals surface area contributed by atoms with Gasteiger partial charge >= 0.3 is 0 Å². The second-order valence-corrected chi connectivity index (χ2v) is 6.32. The van der Waals surface area contributed by atoms with Crippen LogP contribution in [0.1, 0.15) is 38.3 Å². The fourth-order valence-electron chi connectivity index (χ4n) is 2.42. The van der Waals surface area contributed by atoms with Crippen molar-refractivity contribution in [1.82, 2.24) is 10.2 Å². The van der Waals surface area contributed by atoms with Crippen LogP contribution in [-0.2, 0) is 0 Å². The van der Waals surface area contributed by atoms with E-state index < -0.39 is 0 Å². The third-order valence-corrected chi connectivity index (χ3v) is 4.72. The van der Waals surface area contributed by atoms with Gasteiger partial charge in [0.25, 0.3) is 0 Å². The first-order valence-electron chi connectivity index (χ1n) is 6.41. The molecule has 1 fully saturated rings. The van der Waals surface area contributed by atoms with Crippen LogP contribution in [0.5, 0.6) is 0 Å². The van der Waals surface area contributed by atoms with Gasteiger partial charge in [-0.3, -0.25) is 0 Å². The van der Waals surface area contributed by atoms with E-state index in [9.17, 15) is 0 Å². The van der Waals surface area contributed by atoms with Crippen molar-refractivity contribution in [3.63, 3.8) is 0 Å². The van der Waals surface area contributed by atoms with E-state index in [4.69, 9.17) is 11.6 Å². The summed E-state index contributed by atoms with van der Waals surface area (Å²) in [6.07, 6.45) is 2.52. The van der Waals surface area contributed by atoms with Crippen LogP contribution in [0.15, 0.2) is 11.4 Å². The molecule has 2 rings (SSSR count). The van der Waals surface area contributed by atoms with Gasteiger partial charge in [0.2, 0.25) is 0 Å². The molecule has 0 spiro atoms. The Balaban J connectivity index is 1.81. The molecule has 0 aromatic carbocycles. The van der Waals surface area contributed by atoms with Crippen LogP contribution in [0.2, 0.25) is 4.34 Å². The maximum Gasteiger partial charge on any atom is 0.0931 e. The largest absolute Gasteiger partial charge is 0.307 e. The number of rotatable bonds is 4. The highest BCUT2D eigenvalue weighted by Crippen LogP contribution is 2.25. The van der Waals surface area contributed by atoms with E-state index in [2.05, 4.69) is 35.5 Å². The molecule has 1 N–H and O–H groups in total. The number of nitrogens with zero attached hydrogens (tertiary/aromatic N) is 1. The summed E-state index contributed by atoms with van der Waals surface area (Å²) in [4.78, 5) is 2.52. The summed E-state index contributed by atoms with van der Waals surface area (Å²) in [6, 6.07) is 3.15. The Kier molecular flexibility index (Phi) is 4.86. The summed E-state index contributed by atoms with van der Waals surface area (Å²) >= 11 is 7.59. The summed E-state index contributed by atoms with van der Waals surface area (Å²) < 4.78 is 0.884. The maximum absolute atomic E-state index is 5.97. The molecule has 0 amide bonds. The zero-order valence-corrected chi connectivity index (χ0v) is 12.2. The van der Waals surface area contributed by atoms with Gasteiger partial charge in [0.1, 0.15) is 0 Å². The minimum atomic E-state index is 0.414. The van der Waals surface area contributed by atoms with Crippen molar-refractivity contribution in [1.29, 1.82) is 0 Å². The Morgan fingerprint density at radius 1 is 1.53 bits per heavy atom. The SMILES string of the molecule is CCN1CCC(NC(C)c2csc(Cl)c2)CC1. The summed E-state index contributed by atoms with van der Waals surface area (Å²) in [5, 5.41) is 5.87. The van der Waals surface area contributed by atoms with Crippen molar-refractivity contribution >= 4 is 22.9 Å². The van der Waals surface area contributed by atoms with Crippen molar-refractivity contribution in [3.8, 4) is 0 Å². The molecule has 0 bridgehead atoms. The van der Waals surface area contributed by atoms with Gasteiger partial charge in [0, 0.05) is 12.1 Å². The maximum atomic E-state index is 5.97. The number of hydrogen-bond donors (Lipinski definition) is 1. The highest BCUT2D eigenvalue weighted by atomic mass is 35.5. The fourth-order valence-corrected chi connectivity index (χ4v) is 3.40. The van der Waals surface area contributed by atoms with Crippen molar-refractivity contribution < 1.29 is 0 Å². The van der Waals surface area contributed by atoms with E-state index in [1.807, 2.05) is 0 Å². The Labute approximate surface area is 113 Å². The predicted molar refractivity (Wildman–Crippen MR) is 76.0 cm³/mol. The number of thiophene rings is 1. The van der Waals surface area contributed by atoms with Gasteiger partial charge in [-0.15, -0.1) is 11.3 Å². The van der Waals surface area contributed by atoms with Crippen molar-refractivity contribution in [3.05, 3.63) is 21.3 Å². The van der Waals surface area contributed by atoms with Crippen molar-refractivity contribution in [2.24, 2.45) is 0 Å². The van der Waals surface area contributed by atoms with Crippen LogP contribution >= 0.6 is 22.9 Å². The molecule has 2 heterocycles. The summed E-state index contributed by atoms with van der Waals surface area (Å²) in [5.74, 6) is 0. The lowest BCUT2D eigenvalue weighted by Crippen LogP contribution is -2.43. The normalized spacial score (nSPS) is 20.6. The average Bonchev–Trinajstić information content (AvgIpc) is 2.77. The molecule has 1 aliphatic rings. The molecular formula is C13H21ClN2S. The van der Waals surface area contributed by atoms with Crippen molar-refractivity contribution in [2.75, 3.05) is 19.6 Å². The molecule has 1 saturated heterocycles. The minimum absolute atomic E-state index is 0.414. The van der Waals surface area contributed by atoms with E-state index in [1.165, 1.54) is 38.0 Å². The number of piperidine rings is 1.